The second-order valence-corrected chi connectivity index (χ2v) is 7.34. The van der Waals surface area contributed by atoms with Crippen molar-refractivity contribution < 1.29 is 32.2 Å². The van der Waals surface area contributed by atoms with Crippen molar-refractivity contribution in [1.29, 1.82) is 0 Å². The Labute approximate surface area is 186 Å². The van der Waals surface area contributed by atoms with Gasteiger partial charge in [0.1, 0.15) is 0 Å². The summed E-state index contributed by atoms with van der Waals surface area (Å²) in [6, 6.07) is 8.00. The molecule has 0 radical (unpaired) electrons. The van der Waals surface area contributed by atoms with Gasteiger partial charge in [-0.05, 0) is 18.2 Å². The Balaban J connectivity index is 1.67. The minimum atomic E-state index is -4.43. The van der Waals surface area contributed by atoms with Crippen molar-refractivity contribution in [2.45, 2.75) is 12.6 Å². The fourth-order valence-corrected chi connectivity index (χ4v) is 3.60. The van der Waals surface area contributed by atoms with Crippen molar-refractivity contribution >= 4 is 33.8 Å². The average Bonchev–Trinajstić information content (AvgIpc) is 3.18. The molecule has 0 atom stereocenters. The molecule has 0 bridgehead atoms. The molecule has 2 aromatic carbocycles. The highest BCUT2D eigenvalue weighted by Crippen LogP contribution is 2.40. The lowest BCUT2D eigenvalue weighted by molar-refractivity contribution is -0.137. The first-order chi connectivity index (χ1) is 15.2. The number of hydrogen-bond donors (Lipinski definition) is 2. The van der Waals surface area contributed by atoms with Crippen LogP contribution in [0.5, 0.6) is 17.2 Å². The Hall–Kier alpha value is -3.47. The Morgan fingerprint density at radius 1 is 1.03 bits per heavy atom. The summed E-state index contributed by atoms with van der Waals surface area (Å²) in [5.74, 6) is 0.847. The van der Waals surface area contributed by atoms with E-state index in [4.69, 9.17) is 14.2 Å². The maximum Gasteiger partial charge on any atom is 0.416 e. The van der Waals surface area contributed by atoms with E-state index in [0.717, 1.165) is 12.1 Å². The largest absolute Gasteiger partial charge is 0.493 e. The summed E-state index contributed by atoms with van der Waals surface area (Å²) in [7, 11) is 4.42. The molecule has 0 aliphatic carbocycles. The zero-order chi connectivity index (χ0) is 23.3. The molecule has 11 heteroatoms. The van der Waals surface area contributed by atoms with Crippen molar-refractivity contribution in [3.05, 3.63) is 53.0 Å². The lowest BCUT2D eigenvalue weighted by Gasteiger charge is -2.14. The van der Waals surface area contributed by atoms with Gasteiger partial charge < -0.3 is 24.8 Å². The van der Waals surface area contributed by atoms with Crippen molar-refractivity contribution in [2.24, 2.45) is 0 Å². The van der Waals surface area contributed by atoms with Crippen molar-refractivity contribution in [3.63, 3.8) is 0 Å². The normalized spacial score (nSPS) is 11.1. The van der Waals surface area contributed by atoms with Gasteiger partial charge in [0, 0.05) is 28.9 Å². The number of thiazole rings is 1. The number of halogens is 3. The van der Waals surface area contributed by atoms with Crippen LogP contribution in [0.1, 0.15) is 11.3 Å². The van der Waals surface area contributed by atoms with E-state index in [9.17, 15) is 18.0 Å². The van der Waals surface area contributed by atoms with Crippen molar-refractivity contribution in [1.82, 2.24) is 4.98 Å². The number of aromatic nitrogens is 1. The maximum atomic E-state index is 12.9. The smallest absolute Gasteiger partial charge is 0.416 e. The van der Waals surface area contributed by atoms with Crippen LogP contribution in [0.15, 0.2) is 41.8 Å². The molecule has 0 spiro atoms. The molecule has 0 saturated heterocycles. The molecule has 3 aromatic rings. The predicted molar refractivity (Wildman–Crippen MR) is 115 cm³/mol. The highest BCUT2D eigenvalue weighted by molar-refractivity contribution is 7.13. The van der Waals surface area contributed by atoms with E-state index < -0.39 is 11.7 Å². The summed E-state index contributed by atoms with van der Waals surface area (Å²) in [6.45, 7) is 0. The fraction of sp³-hybridized carbons (Fsp3) is 0.238. The minimum absolute atomic E-state index is 0.0303. The second-order valence-electron chi connectivity index (χ2n) is 6.49. The minimum Gasteiger partial charge on any atom is -0.493 e. The van der Waals surface area contributed by atoms with Crippen molar-refractivity contribution in [3.8, 4) is 17.2 Å². The quantitative estimate of drug-likeness (QED) is 0.479. The van der Waals surface area contributed by atoms with E-state index in [2.05, 4.69) is 15.6 Å². The van der Waals surface area contributed by atoms with E-state index in [1.807, 2.05) is 0 Å². The van der Waals surface area contributed by atoms with Crippen LogP contribution >= 0.6 is 11.3 Å². The molecular weight excluding hydrogens is 447 g/mol. The number of alkyl halides is 3. The SMILES string of the molecule is COc1cc(NC(=O)Cc2csc(Nc3cccc(C(F)(F)F)c3)n2)cc(OC)c1OC. The zero-order valence-electron chi connectivity index (χ0n) is 17.4. The van der Waals surface area contributed by atoms with Gasteiger partial charge in [0.15, 0.2) is 16.6 Å². The number of methoxy groups -OCH3 is 3. The topological polar surface area (TPSA) is 81.7 Å². The van der Waals surface area contributed by atoms with E-state index >= 15 is 0 Å². The summed E-state index contributed by atoms with van der Waals surface area (Å²) in [6.07, 6.45) is -4.46. The molecule has 0 saturated carbocycles. The number of nitrogens with one attached hydrogen (secondary N) is 2. The number of nitrogens with zero attached hydrogens (tertiary/aromatic N) is 1. The number of amides is 1. The molecule has 2 N–H and O–H groups in total. The Morgan fingerprint density at radius 3 is 2.31 bits per heavy atom. The molecule has 1 heterocycles. The van der Waals surface area contributed by atoms with Gasteiger partial charge in [0.05, 0.1) is 39.0 Å². The molecule has 0 aliphatic rings. The number of carbonyl (C=O) groups is 1. The summed E-state index contributed by atoms with van der Waals surface area (Å²) in [5.41, 5.74) is 0.406. The average molecular weight is 467 g/mol. The van der Waals surface area contributed by atoms with Crippen LogP contribution in [0.2, 0.25) is 0 Å². The molecule has 0 aliphatic heterocycles. The van der Waals surface area contributed by atoms with Gasteiger partial charge in [0.2, 0.25) is 11.7 Å². The van der Waals surface area contributed by atoms with Gasteiger partial charge in [0.25, 0.3) is 0 Å². The predicted octanol–water partition coefficient (Wildman–Crippen LogP) is 5.11. The lowest BCUT2D eigenvalue weighted by Crippen LogP contribution is -2.15. The van der Waals surface area contributed by atoms with Crippen LogP contribution in [-0.2, 0) is 17.4 Å². The van der Waals surface area contributed by atoms with Crippen LogP contribution in [-0.4, -0.2) is 32.2 Å². The van der Waals surface area contributed by atoms with Crippen molar-refractivity contribution in [2.75, 3.05) is 32.0 Å². The Bertz CT molecular complexity index is 1080. The third-order valence-corrected chi connectivity index (χ3v) is 5.09. The van der Waals surface area contributed by atoms with E-state index in [0.29, 0.717) is 33.8 Å². The molecule has 32 heavy (non-hydrogen) atoms. The van der Waals surface area contributed by atoms with Gasteiger partial charge in [-0.15, -0.1) is 11.3 Å². The first-order valence-corrected chi connectivity index (χ1v) is 10.1. The van der Waals surface area contributed by atoms with Crippen LogP contribution in [0.25, 0.3) is 0 Å². The number of hydrogen-bond acceptors (Lipinski definition) is 7. The summed E-state index contributed by atoms with van der Waals surface area (Å²) < 4.78 is 54.4. The van der Waals surface area contributed by atoms with Crippen LogP contribution in [0.4, 0.5) is 29.7 Å². The summed E-state index contributed by atoms with van der Waals surface area (Å²) in [5, 5.41) is 7.60. The Morgan fingerprint density at radius 2 is 1.72 bits per heavy atom. The van der Waals surface area contributed by atoms with E-state index in [-0.39, 0.29) is 18.0 Å². The zero-order valence-corrected chi connectivity index (χ0v) is 18.2. The Kier molecular flexibility index (Phi) is 7.08. The number of benzene rings is 2. The van der Waals surface area contributed by atoms with Gasteiger partial charge >= 0.3 is 6.18 Å². The van der Waals surface area contributed by atoms with E-state index in [1.165, 1.54) is 44.8 Å². The third-order valence-electron chi connectivity index (χ3n) is 4.28. The summed E-state index contributed by atoms with van der Waals surface area (Å²) >= 11 is 1.18. The molecular formula is C21H20F3N3O4S. The van der Waals surface area contributed by atoms with Crippen LogP contribution in [0, 0.1) is 0 Å². The monoisotopic (exact) mass is 467 g/mol. The van der Waals surface area contributed by atoms with Gasteiger partial charge in [-0.25, -0.2) is 4.98 Å². The van der Waals surface area contributed by atoms with Gasteiger partial charge in [-0.3, -0.25) is 4.79 Å². The fourth-order valence-electron chi connectivity index (χ4n) is 2.87. The third kappa shape index (κ3) is 5.61. The molecule has 1 amide bonds. The van der Waals surface area contributed by atoms with Gasteiger partial charge in [-0.2, -0.15) is 13.2 Å². The molecule has 3 rings (SSSR count). The molecule has 7 nitrogen and oxygen atoms in total. The highest BCUT2D eigenvalue weighted by atomic mass is 32.1. The van der Waals surface area contributed by atoms with Crippen LogP contribution in [0.3, 0.4) is 0 Å². The van der Waals surface area contributed by atoms with Crippen LogP contribution < -0.4 is 24.8 Å². The number of ether oxygens (including phenoxy) is 3. The number of carbonyl (C=O) groups excluding carboxylic acids is 1. The summed E-state index contributed by atoms with van der Waals surface area (Å²) in [4.78, 5) is 16.7. The maximum absolute atomic E-state index is 12.9. The first-order valence-electron chi connectivity index (χ1n) is 9.22. The number of rotatable bonds is 8. The van der Waals surface area contributed by atoms with E-state index in [1.54, 1.807) is 17.5 Å². The molecule has 1 aromatic heterocycles. The standard InChI is InChI=1S/C21H20F3N3O4S/c1-29-16-8-14(9-17(30-2)19(16)31-3)25-18(28)10-15-11-32-20(27-15)26-13-6-4-5-12(7-13)21(22,23)24/h4-9,11H,10H2,1-3H3,(H,25,28)(H,26,27). The first kappa shape index (κ1) is 23.2. The second kappa shape index (κ2) is 9.77. The van der Waals surface area contributed by atoms with Gasteiger partial charge in [-0.1, -0.05) is 6.07 Å². The molecule has 0 unspecified atom stereocenters. The molecule has 170 valence electrons. The lowest BCUT2D eigenvalue weighted by atomic mass is 10.2. The highest BCUT2D eigenvalue weighted by Gasteiger charge is 2.30. The molecule has 0 fully saturated rings. The number of anilines is 3.